The van der Waals surface area contributed by atoms with Crippen molar-refractivity contribution < 1.29 is 13.2 Å². The molecule has 2 aromatic rings. The molecule has 150 valence electrons. The van der Waals surface area contributed by atoms with Crippen molar-refractivity contribution >= 4 is 51.1 Å². The van der Waals surface area contributed by atoms with Crippen LogP contribution in [-0.2, 0) is 16.4 Å². The minimum absolute atomic E-state index is 0. The van der Waals surface area contributed by atoms with E-state index in [1.807, 2.05) is 24.3 Å². The van der Waals surface area contributed by atoms with Crippen molar-refractivity contribution in [1.29, 1.82) is 0 Å². The van der Waals surface area contributed by atoms with Crippen LogP contribution in [0.4, 0.5) is 0 Å². The minimum Gasteiger partial charge on any atom is -0.492 e. The van der Waals surface area contributed by atoms with E-state index in [1.165, 1.54) is 6.26 Å². The molecule has 0 aliphatic carbocycles. The summed E-state index contributed by atoms with van der Waals surface area (Å²) in [5.41, 5.74) is 1.01. The van der Waals surface area contributed by atoms with Crippen molar-refractivity contribution in [3.8, 4) is 5.75 Å². The number of nitrogens with zero attached hydrogens (tertiary/aromatic N) is 3. The van der Waals surface area contributed by atoms with Gasteiger partial charge in [-0.25, -0.2) is 13.4 Å². The van der Waals surface area contributed by atoms with Crippen molar-refractivity contribution in [2.75, 3.05) is 33.5 Å². The quantitative estimate of drug-likeness (QED) is 0.260. The molecule has 0 saturated carbocycles. The molecule has 0 atom stereocenters. The van der Waals surface area contributed by atoms with Gasteiger partial charge in [-0.3, -0.25) is 4.99 Å². The molecule has 10 heteroatoms. The molecule has 7 nitrogen and oxygen atoms in total. The summed E-state index contributed by atoms with van der Waals surface area (Å²) in [6.45, 7) is 3.67. The number of sulfone groups is 1. The molecule has 0 aliphatic rings. The SMILES string of the molecule is CN=C(NCCOc1ccc(S(C)(=O)=O)cc1)N(C)Cc1csc(C)n1.I. The van der Waals surface area contributed by atoms with E-state index in [0.29, 0.717) is 25.4 Å². The Morgan fingerprint density at radius 1 is 1.33 bits per heavy atom. The molecule has 0 radical (unpaired) electrons. The van der Waals surface area contributed by atoms with E-state index in [4.69, 9.17) is 4.74 Å². The van der Waals surface area contributed by atoms with E-state index in [2.05, 4.69) is 15.3 Å². The Bertz CT molecular complexity index is 851. The van der Waals surface area contributed by atoms with E-state index >= 15 is 0 Å². The van der Waals surface area contributed by atoms with Gasteiger partial charge >= 0.3 is 0 Å². The molecule has 1 heterocycles. The molecule has 1 aromatic carbocycles. The summed E-state index contributed by atoms with van der Waals surface area (Å²) in [7, 11) is 0.498. The standard InChI is InChI=1S/C17H24N4O3S2.HI/c1-13-20-14(12-25-13)11-21(3)17(18-2)19-9-10-24-15-5-7-16(8-6-15)26(4,22)23;/h5-8,12H,9-11H2,1-4H3,(H,18,19);1H. The highest BCUT2D eigenvalue weighted by molar-refractivity contribution is 14.0. The molecule has 2 rings (SSSR count). The number of aliphatic imine (C=N–C) groups is 1. The molecule has 1 aromatic heterocycles. The number of hydrogen-bond donors (Lipinski definition) is 1. The molecular formula is C17H25IN4O3S2. The number of nitrogens with one attached hydrogen (secondary N) is 1. The van der Waals surface area contributed by atoms with E-state index in [0.717, 1.165) is 16.7 Å². The summed E-state index contributed by atoms with van der Waals surface area (Å²) in [6, 6.07) is 6.39. The summed E-state index contributed by atoms with van der Waals surface area (Å²) < 4.78 is 28.5. The number of rotatable bonds is 7. The number of aryl methyl sites for hydroxylation is 1. The number of ether oxygens (including phenoxy) is 1. The summed E-state index contributed by atoms with van der Waals surface area (Å²) >= 11 is 1.63. The van der Waals surface area contributed by atoms with Crippen LogP contribution < -0.4 is 10.1 Å². The van der Waals surface area contributed by atoms with Crippen molar-refractivity contribution in [2.45, 2.75) is 18.4 Å². The molecule has 0 aliphatic heterocycles. The lowest BCUT2D eigenvalue weighted by Crippen LogP contribution is -2.40. The van der Waals surface area contributed by atoms with Crippen LogP contribution in [0.3, 0.4) is 0 Å². The van der Waals surface area contributed by atoms with Crippen LogP contribution in [0.15, 0.2) is 39.5 Å². The summed E-state index contributed by atoms with van der Waals surface area (Å²) in [5, 5.41) is 6.32. The fourth-order valence-corrected chi connectivity index (χ4v) is 3.53. The van der Waals surface area contributed by atoms with Crippen LogP contribution in [0.25, 0.3) is 0 Å². The maximum atomic E-state index is 11.4. The zero-order valence-corrected chi connectivity index (χ0v) is 19.8. The van der Waals surface area contributed by atoms with Gasteiger partial charge in [0.05, 0.1) is 28.7 Å². The topological polar surface area (TPSA) is 83.9 Å². The summed E-state index contributed by atoms with van der Waals surface area (Å²) in [5.74, 6) is 1.38. The normalized spacial score (nSPS) is 11.6. The molecule has 0 unspecified atom stereocenters. The van der Waals surface area contributed by atoms with E-state index in [9.17, 15) is 8.42 Å². The first kappa shape index (κ1) is 23.6. The predicted molar refractivity (Wildman–Crippen MR) is 120 cm³/mol. The van der Waals surface area contributed by atoms with E-state index in [-0.39, 0.29) is 28.9 Å². The minimum atomic E-state index is -3.19. The fraction of sp³-hybridized carbons (Fsp3) is 0.412. The largest absolute Gasteiger partial charge is 0.492 e. The Morgan fingerprint density at radius 3 is 2.52 bits per heavy atom. The Balaban J connectivity index is 0.00000364. The Labute approximate surface area is 181 Å². The number of guanidine groups is 1. The lowest BCUT2D eigenvalue weighted by molar-refractivity contribution is 0.319. The first-order chi connectivity index (χ1) is 12.3. The van der Waals surface area contributed by atoms with Gasteiger partial charge in [-0.05, 0) is 31.2 Å². The maximum Gasteiger partial charge on any atom is 0.193 e. The van der Waals surface area contributed by atoms with Gasteiger partial charge in [0.2, 0.25) is 0 Å². The lowest BCUT2D eigenvalue weighted by atomic mass is 10.3. The number of aromatic nitrogens is 1. The van der Waals surface area contributed by atoms with Crippen molar-refractivity contribution in [3.05, 3.63) is 40.3 Å². The fourth-order valence-electron chi connectivity index (χ4n) is 2.30. The second-order valence-corrected chi connectivity index (χ2v) is 8.86. The van der Waals surface area contributed by atoms with Gasteiger partial charge in [-0.15, -0.1) is 35.3 Å². The van der Waals surface area contributed by atoms with Gasteiger partial charge in [0.25, 0.3) is 0 Å². The molecular weight excluding hydrogens is 499 g/mol. The van der Waals surface area contributed by atoms with Crippen LogP contribution in [0.5, 0.6) is 5.75 Å². The maximum absolute atomic E-state index is 11.4. The van der Waals surface area contributed by atoms with Gasteiger partial charge in [-0.2, -0.15) is 0 Å². The van der Waals surface area contributed by atoms with Crippen molar-refractivity contribution in [2.24, 2.45) is 4.99 Å². The second kappa shape index (κ2) is 10.8. The average Bonchev–Trinajstić information content (AvgIpc) is 2.99. The van der Waals surface area contributed by atoms with Gasteiger partial charge in [0.15, 0.2) is 15.8 Å². The highest BCUT2D eigenvalue weighted by Gasteiger charge is 2.09. The molecule has 0 amide bonds. The zero-order chi connectivity index (χ0) is 19.2. The lowest BCUT2D eigenvalue weighted by Gasteiger charge is -2.21. The Hall–Kier alpha value is -1.40. The van der Waals surface area contributed by atoms with Crippen LogP contribution in [0.1, 0.15) is 10.7 Å². The van der Waals surface area contributed by atoms with Gasteiger partial charge in [0, 0.05) is 25.7 Å². The molecule has 0 bridgehead atoms. The second-order valence-electron chi connectivity index (χ2n) is 5.78. The van der Waals surface area contributed by atoms with Gasteiger partial charge in [-0.1, -0.05) is 0 Å². The smallest absolute Gasteiger partial charge is 0.193 e. The first-order valence-electron chi connectivity index (χ1n) is 8.05. The third-order valence-electron chi connectivity index (χ3n) is 3.54. The Morgan fingerprint density at radius 2 is 2.00 bits per heavy atom. The van der Waals surface area contributed by atoms with E-state index in [1.54, 1.807) is 42.6 Å². The number of thiazole rings is 1. The average molecular weight is 524 g/mol. The van der Waals surface area contributed by atoms with Crippen LogP contribution in [0.2, 0.25) is 0 Å². The van der Waals surface area contributed by atoms with Gasteiger partial charge < -0.3 is 15.0 Å². The third kappa shape index (κ3) is 7.62. The summed E-state index contributed by atoms with van der Waals surface area (Å²) in [6.07, 6.45) is 1.18. The van der Waals surface area contributed by atoms with E-state index < -0.39 is 9.84 Å². The van der Waals surface area contributed by atoms with Crippen LogP contribution in [0, 0.1) is 6.92 Å². The molecule has 0 saturated heterocycles. The predicted octanol–water partition coefficient (Wildman–Crippen LogP) is 2.56. The molecule has 0 fully saturated rings. The van der Waals surface area contributed by atoms with Gasteiger partial charge in [0.1, 0.15) is 12.4 Å². The number of hydrogen-bond acceptors (Lipinski definition) is 6. The first-order valence-corrected chi connectivity index (χ1v) is 10.8. The highest BCUT2D eigenvalue weighted by atomic mass is 127. The van der Waals surface area contributed by atoms with Crippen LogP contribution in [-0.4, -0.2) is 57.8 Å². The highest BCUT2D eigenvalue weighted by Crippen LogP contribution is 2.15. The number of benzene rings is 1. The Kier molecular flexibility index (Phi) is 9.47. The third-order valence-corrected chi connectivity index (χ3v) is 5.50. The summed E-state index contributed by atoms with van der Waals surface area (Å²) in [4.78, 5) is 11.0. The van der Waals surface area contributed by atoms with Crippen molar-refractivity contribution in [1.82, 2.24) is 15.2 Å². The zero-order valence-electron chi connectivity index (χ0n) is 15.8. The molecule has 27 heavy (non-hydrogen) atoms. The van der Waals surface area contributed by atoms with Crippen LogP contribution >= 0.6 is 35.3 Å². The molecule has 0 spiro atoms. The molecule has 1 N–H and O–H groups in total. The van der Waals surface area contributed by atoms with Crippen molar-refractivity contribution in [3.63, 3.8) is 0 Å². The number of halogens is 1. The monoisotopic (exact) mass is 524 g/mol.